The minimum absolute atomic E-state index is 0.0516. The Morgan fingerprint density at radius 2 is 1.93 bits per heavy atom. The lowest BCUT2D eigenvalue weighted by atomic mass is 9.95. The van der Waals surface area contributed by atoms with Gasteiger partial charge in [0.25, 0.3) is 0 Å². The molecule has 1 aliphatic rings. The van der Waals surface area contributed by atoms with Gasteiger partial charge in [-0.25, -0.2) is 4.98 Å². The summed E-state index contributed by atoms with van der Waals surface area (Å²) in [6, 6.07) is 3.95. The Morgan fingerprint density at radius 3 is 2.62 bits per heavy atom. The number of hydrogen-bond acceptors (Lipinski definition) is 5. The van der Waals surface area contributed by atoms with E-state index < -0.39 is 0 Å². The number of anilines is 1. The summed E-state index contributed by atoms with van der Waals surface area (Å²) in [4.78, 5) is 24.1. The highest BCUT2D eigenvalue weighted by atomic mass is 16.1. The molecule has 0 spiro atoms. The predicted octanol–water partition coefficient (Wildman–Crippen LogP) is 3.34. The molecule has 29 heavy (non-hydrogen) atoms. The van der Waals surface area contributed by atoms with Gasteiger partial charge in [0.1, 0.15) is 5.82 Å². The second kappa shape index (κ2) is 8.29. The largest absolute Gasteiger partial charge is 0.310 e. The van der Waals surface area contributed by atoms with Gasteiger partial charge in [-0.15, -0.1) is 0 Å². The Kier molecular flexibility index (Phi) is 5.58. The number of rotatable bonds is 5. The lowest BCUT2D eigenvalue weighted by molar-refractivity contribution is -0.121. The first kappa shape index (κ1) is 19.5. The van der Waals surface area contributed by atoms with Crippen molar-refractivity contribution in [1.29, 1.82) is 0 Å². The van der Waals surface area contributed by atoms with Crippen molar-refractivity contribution >= 4 is 22.6 Å². The third-order valence-corrected chi connectivity index (χ3v) is 5.44. The maximum Gasteiger partial charge on any atom is 0.228 e. The number of pyridine rings is 2. The van der Waals surface area contributed by atoms with Gasteiger partial charge in [0.2, 0.25) is 5.91 Å². The van der Waals surface area contributed by atoms with Gasteiger partial charge in [-0.3, -0.25) is 14.5 Å². The van der Waals surface area contributed by atoms with Crippen molar-refractivity contribution in [2.24, 2.45) is 18.9 Å². The van der Waals surface area contributed by atoms with Crippen LogP contribution in [0.3, 0.4) is 0 Å². The zero-order valence-electron chi connectivity index (χ0n) is 17.3. The normalized spacial score (nSPS) is 15.9. The molecule has 0 saturated carbocycles. The van der Waals surface area contributed by atoms with E-state index in [9.17, 15) is 4.79 Å². The topological polar surface area (TPSA) is 75.9 Å². The number of hydrogen-bond donors (Lipinski definition) is 1. The number of carbonyl (C=O) groups excluding carboxylic acids is 1. The van der Waals surface area contributed by atoms with Crippen LogP contribution in [-0.4, -0.2) is 50.2 Å². The van der Waals surface area contributed by atoms with E-state index in [1.807, 2.05) is 31.7 Å². The number of amides is 1. The lowest BCUT2D eigenvalue weighted by Gasteiger charge is -2.32. The lowest BCUT2D eigenvalue weighted by Crippen LogP contribution is -2.39. The number of carbonyl (C=O) groups is 1. The van der Waals surface area contributed by atoms with E-state index in [1.165, 1.54) is 0 Å². The van der Waals surface area contributed by atoms with E-state index >= 15 is 0 Å². The van der Waals surface area contributed by atoms with Crippen molar-refractivity contribution < 1.29 is 4.79 Å². The highest BCUT2D eigenvalue weighted by Crippen LogP contribution is 2.24. The molecule has 4 rings (SSSR count). The Balaban J connectivity index is 1.44. The highest BCUT2D eigenvalue weighted by molar-refractivity contribution is 5.94. The average Bonchev–Trinajstić information content (AvgIpc) is 3.14. The van der Waals surface area contributed by atoms with Crippen LogP contribution in [0.25, 0.3) is 22.0 Å². The van der Waals surface area contributed by atoms with Crippen LogP contribution >= 0.6 is 0 Å². The molecule has 0 radical (unpaired) electrons. The van der Waals surface area contributed by atoms with Gasteiger partial charge in [-0.1, -0.05) is 13.8 Å². The molecule has 7 heteroatoms. The molecular formula is C22H28N6O. The maximum atomic E-state index is 12.7. The third-order valence-electron chi connectivity index (χ3n) is 5.44. The molecule has 0 unspecified atom stereocenters. The smallest absolute Gasteiger partial charge is 0.228 e. The molecule has 1 amide bonds. The molecule has 3 aromatic heterocycles. The molecular weight excluding hydrogens is 364 g/mol. The Morgan fingerprint density at radius 1 is 1.14 bits per heavy atom. The Hall–Kier alpha value is -2.80. The summed E-state index contributed by atoms with van der Waals surface area (Å²) < 4.78 is 1.77. The molecule has 1 fully saturated rings. The second-order valence-corrected chi connectivity index (χ2v) is 8.35. The molecule has 1 aliphatic heterocycles. The van der Waals surface area contributed by atoms with Gasteiger partial charge in [-0.05, 0) is 44.0 Å². The predicted molar refractivity (Wildman–Crippen MR) is 114 cm³/mol. The minimum Gasteiger partial charge on any atom is -0.310 e. The fourth-order valence-corrected chi connectivity index (χ4v) is 3.95. The van der Waals surface area contributed by atoms with E-state index in [1.54, 1.807) is 10.9 Å². The summed E-state index contributed by atoms with van der Waals surface area (Å²) in [6.45, 7) is 7.55. The number of piperidine rings is 1. The number of aromatic nitrogens is 4. The van der Waals surface area contributed by atoms with Gasteiger partial charge in [0, 0.05) is 48.4 Å². The van der Waals surface area contributed by atoms with Crippen LogP contribution < -0.4 is 5.32 Å². The number of likely N-dealkylation sites (tertiary alicyclic amines) is 1. The van der Waals surface area contributed by atoms with E-state index in [4.69, 9.17) is 0 Å². The van der Waals surface area contributed by atoms with Gasteiger partial charge in [0.15, 0.2) is 0 Å². The Bertz CT molecular complexity index is 1000. The molecule has 0 aromatic carbocycles. The number of nitrogens with zero attached hydrogens (tertiary/aromatic N) is 5. The number of nitrogens with one attached hydrogen (secondary N) is 1. The summed E-state index contributed by atoms with van der Waals surface area (Å²) in [5.74, 6) is 1.36. The van der Waals surface area contributed by atoms with Crippen molar-refractivity contribution in [3.8, 4) is 11.1 Å². The van der Waals surface area contributed by atoms with Crippen molar-refractivity contribution in [3.05, 3.63) is 36.9 Å². The van der Waals surface area contributed by atoms with Crippen molar-refractivity contribution in [3.63, 3.8) is 0 Å². The number of fused-ring (bicyclic) bond motifs is 1. The summed E-state index contributed by atoms with van der Waals surface area (Å²) >= 11 is 0. The summed E-state index contributed by atoms with van der Waals surface area (Å²) in [7, 11) is 1.89. The van der Waals surface area contributed by atoms with Crippen LogP contribution in [-0.2, 0) is 11.8 Å². The van der Waals surface area contributed by atoms with Gasteiger partial charge < -0.3 is 10.2 Å². The summed E-state index contributed by atoms with van der Waals surface area (Å²) in [5.41, 5.74) is 2.81. The molecule has 152 valence electrons. The first-order chi connectivity index (χ1) is 14.0. The Labute approximate surface area is 171 Å². The minimum atomic E-state index is 0.0516. The summed E-state index contributed by atoms with van der Waals surface area (Å²) in [6.07, 6.45) is 9.11. The van der Waals surface area contributed by atoms with E-state index in [0.29, 0.717) is 11.7 Å². The molecule has 1 N–H and O–H groups in total. The third kappa shape index (κ3) is 4.62. The quantitative estimate of drug-likeness (QED) is 0.721. The molecule has 0 aliphatic carbocycles. The zero-order chi connectivity index (χ0) is 20.4. The second-order valence-electron chi connectivity index (χ2n) is 8.35. The van der Waals surface area contributed by atoms with E-state index in [2.05, 4.69) is 45.2 Å². The average molecular weight is 393 g/mol. The van der Waals surface area contributed by atoms with Crippen LogP contribution in [0.15, 0.2) is 36.9 Å². The SMILES string of the molecule is CC(C)CN1CCC(C(=O)Nc2cc3cc(-c4cnn(C)c4)cnc3cn2)CC1. The van der Waals surface area contributed by atoms with Gasteiger partial charge in [-0.2, -0.15) is 5.10 Å². The summed E-state index contributed by atoms with van der Waals surface area (Å²) in [5, 5.41) is 8.18. The standard InChI is InChI=1S/C22H28N6O/c1-15(2)13-28-6-4-16(5-7-28)22(29)26-21-9-17-8-18(10-23-20(17)12-24-21)19-11-25-27(3)14-19/h8-12,14-16H,4-7,13H2,1-3H3,(H,24,26,29). The molecule has 3 aromatic rings. The molecule has 1 saturated heterocycles. The van der Waals surface area contributed by atoms with Crippen molar-refractivity contribution in [2.45, 2.75) is 26.7 Å². The van der Waals surface area contributed by atoms with Crippen LogP contribution in [0.2, 0.25) is 0 Å². The first-order valence-electron chi connectivity index (χ1n) is 10.3. The van der Waals surface area contributed by atoms with E-state index in [0.717, 1.165) is 54.5 Å². The van der Waals surface area contributed by atoms with Crippen molar-refractivity contribution in [2.75, 3.05) is 25.0 Å². The number of aryl methyl sites for hydroxylation is 1. The monoisotopic (exact) mass is 392 g/mol. The molecule has 7 nitrogen and oxygen atoms in total. The maximum absolute atomic E-state index is 12.7. The fraction of sp³-hybridized carbons (Fsp3) is 0.455. The first-order valence-corrected chi connectivity index (χ1v) is 10.3. The molecule has 0 bridgehead atoms. The molecule has 4 heterocycles. The van der Waals surface area contributed by atoms with Gasteiger partial charge in [0.05, 0.1) is 17.9 Å². The van der Waals surface area contributed by atoms with Crippen LogP contribution in [0, 0.1) is 11.8 Å². The van der Waals surface area contributed by atoms with Crippen LogP contribution in [0.4, 0.5) is 5.82 Å². The zero-order valence-corrected chi connectivity index (χ0v) is 17.3. The molecule has 0 atom stereocenters. The fourth-order valence-electron chi connectivity index (χ4n) is 3.95. The van der Waals surface area contributed by atoms with Crippen LogP contribution in [0.1, 0.15) is 26.7 Å². The van der Waals surface area contributed by atoms with Gasteiger partial charge >= 0.3 is 0 Å². The highest BCUT2D eigenvalue weighted by Gasteiger charge is 2.25. The van der Waals surface area contributed by atoms with Crippen LogP contribution in [0.5, 0.6) is 0 Å². The van der Waals surface area contributed by atoms with E-state index in [-0.39, 0.29) is 11.8 Å². The van der Waals surface area contributed by atoms with Crippen molar-refractivity contribution in [1.82, 2.24) is 24.6 Å².